The molecule has 2 aromatic rings. The molecule has 0 saturated carbocycles. The Morgan fingerprint density at radius 1 is 1.27 bits per heavy atom. The molecule has 1 saturated heterocycles. The van der Waals surface area contributed by atoms with Crippen molar-refractivity contribution in [3.8, 4) is 0 Å². The van der Waals surface area contributed by atoms with Crippen LogP contribution in [-0.2, 0) is 23.0 Å². The zero-order valence-electron chi connectivity index (χ0n) is 13.5. The van der Waals surface area contributed by atoms with Crippen molar-refractivity contribution >= 4 is 18.1 Å². The summed E-state index contributed by atoms with van der Waals surface area (Å²) in [6, 6.07) is 1.72. The smallest absolute Gasteiger partial charge is 0.399 e. The second-order valence-electron chi connectivity index (χ2n) is 6.63. The van der Waals surface area contributed by atoms with Crippen molar-refractivity contribution in [2.45, 2.75) is 45.5 Å². The molecule has 0 radical (unpaired) electrons. The lowest BCUT2D eigenvalue weighted by Gasteiger charge is -2.32. The SMILES string of the molecule is Cn1c(CO)nn2cc(B3OC(C)(C)C(C)(C)O3)cc2c1=O. The molecule has 0 spiro atoms. The molecule has 0 bridgehead atoms. The van der Waals surface area contributed by atoms with E-state index in [1.54, 1.807) is 19.3 Å². The van der Waals surface area contributed by atoms with Gasteiger partial charge in [0.15, 0.2) is 5.82 Å². The molecule has 1 N–H and O–H groups in total. The van der Waals surface area contributed by atoms with Gasteiger partial charge in [0.2, 0.25) is 0 Å². The molecule has 3 rings (SSSR count). The summed E-state index contributed by atoms with van der Waals surface area (Å²) in [5, 5.41) is 13.5. The van der Waals surface area contributed by atoms with Gasteiger partial charge in [-0.3, -0.25) is 9.36 Å². The first-order valence-electron chi connectivity index (χ1n) is 7.21. The van der Waals surface area contributed by atoms with Crippen molar-refractivity contribution in [3.63, 3.8) is 0 Å². The van der Waals surface area contributed by atoms with Gasteiger partial charge in [-0.25, -0.2) is 4.52 Å². The van der Waals surface area contributed by atoms with Crippen LogP contribution in [0.15, 0.2) is 17.1 Å². The van der Waals surface area contributed by atoms with E-state index in [0.717, 1.165) is 5.46 Å². The van der Waals surface area contributed by atoms with E-state index in [1.807, 2.05) is 27.7 Å². The standard InChI is InChI=1S/C14H20BN3O4/c1-13(2)14(3,4)22-15(21-13)9-6-10-12(20)17(5)11(8-19)16-18(10)7-9/h6-7,19H,8H2,1-5H3. The van der Waals surface area contributed by atoms with E-state index >= 15 is 0 Å². The number of fused-ring (bicyclic) bond motifs is 1. The molecule has 0 atom stereocenters. The molecular weight excluding hydrogens is 285 g/mol. The third-order valence-electron chi connectivity index (χ3n) is 4.62. The fourth-order valence-electron chi connectivity index (χ4n) is 2.44. The van der Waals surface area contributed by atoms with Crippen LogP contribution in [0.3, 0.4) is 0 Å². The van der Waals surface area contributed by atoms with Gasteiger partial charge in [-0.15, -0.1) is 0 Å². The summed E-state index contributed by atoms with van der Waals surface area (Å²) in [6.45, 7) is 7.60. The Bertz CT molecular complexity index is 777. The van der Waals surface area contributed by atoms with Gasteiger partial charge in [-0.2, -0.15) is 5.10 Å². The van der Waals surface area contributed by atoms with Crippen molar-refractivity contribution < 1.29 is 14.4 Å². The van der Waals surface area contributed by atoms with Crippen molar-refractivity contribution in [1.29, 1.82) is 0 Å². The largest absolute Gasteiger partial charge is 0.496 e. The number of aliphatic hydroxyl groups excluding tert-OH is 1. The maximum Gasteiger partial charge on any atom is 0.496 e. The minimum atomic E-state index is -0.547. The minimum Gasteiger partial charge on any atom is -0.399 e. The fraction of sp³-hybridized carbons (Fsp3) is 0.571. The van der Waals surface area contributed by atoms with E-state index in [2.05, 4.69) is 5.10 Å². The Hall–Kier alpha value is -1.64. The normalized spacial score (nSPS) is 20.0. The zero-order valence-corrected chi connectivity index (χ0v) is 13.5. The van der Waals surface area contributed by atoms with Gasteiger partial charge in [-0.1, -0.05) is 0 Å². The predicted octanol–water partition coefficient (Wildman–Crippen LogP) is -0.176. The van der Waals surface area contributed by atoms with Crippen molar-refractivity contribution in [3.05, 3.63) is 28.4 Å². The van der Waals surface area contributed by atoms with Crippen molar-refractivity contribution in [2.75, 3.05) is 0 Å². The Morgan fingerprint density at radius 3 is 2.41 bits per heavy atom. The van der Waals surface area contributed by atoms with Gasteiger partial charge in [0.1, 0.15) is 12.1 Å². The summed E-state index contributed by atoms with van der Waals surface area (Å²) in [5.74, 6) is 0.300. The molecule has 22 heavy (non-hydrogen) atoms. The molecule has 0 unspecified atom stereocenters. The van der Waals surface area contributed by atoms with E-state index in [0.29, 0.717) is 11.3 Å². The maximum absolute atomic E-state index is 12.3. The van der Waals surface area contributed by atoms with E-state index in [-0.39, 0.29) is 12.2 Å². The van der Waals surface area contributed by atoms with Gasteiger partial charge < -0.3 is 14.4 Å². The van der Waals surface area contributed by atoms with Gasteiger partial charge in [-0.05, 0) is 33.8 Å². The van der Waals surface area contributed by atoms with Crippen LogP contribution < -0.4 is 11.0 Å². The van der Waals surface area contributed by atoms with Crippen LogP contribution in [0.1, 0.15) is 33.5 Å². The maximum atomic E-state index is 12.3. The minimum absolute atomic E-state index is 0.221. The average Bonchev–Trinajstić information content (AvgIpc) is 2.93. The van der Waals surface area contributed by atoms with Gasteiger partial charge in [0.05, 0.1) is 11.2 Å². The summed E-state index contributed by atoms with van der Waals surface area (Å²) in [7, 11) is 1.04. The highest BCUT2D eigenvalue weighted by atomic mass is 16.7. The summed E-state index contributed by atoms with van der Waals surface area (Å²) >= 11 is 0. The van der Waals surface area contributed by atoms with Crippen LogP contribution in [0.5, 0.6) is 0 Å². The van der Waals surface area contributed by atoms with Crippen LogP contribution in [0.4, 0.5) is 0 Å². The molecule has 0 aliphatic carbocycles. The van der Waals surface area contributed by atoms with Crippen LogP contribution in [0.25, 0.3) is 5.52 Å². The molecule has 2 aromatic heterocycles. The van der Waals surface area contributed by atoms with Crippen molar-refractivity contribution in [2.24, 2.45) is 7.05 Å². The second-order valence-corrected chi connectivity index (χ2v) is 6.63. The molecular formula is C14H20BN3O4. The Labute approximate surface area is 128 Å². The lowest BCUT2D eigenvalue weighted by molar-refractivity contribution is 0.00578. The van der Waals surface area contributed by atoms with Gasteiger partial charge >= 0.3 is 7.12 Å². The Kier molecular flexibility index (Phi) is 3.25. The summed E-state index contributed by atoms with van der Waals surface area (Å²) in [6.07, 6.45) is 1.71. The number of nitrogens with zero attached hydrogens (tertiary/aromatic N) is 3. The first kappa shape index (κ1) is 15.3. The predicted molar refractivity (Wildman–Crippen MR) is 82.1 cm³/mol. The molecule has 1 aliphatic heterocycles. The monoisotopic (exact) mass is 305 g/mol. The number of aliphatic hydroxyl groups is 1. The van der Waals surface area contributed by atoms with Gasteiger partial charge in [0, 0.05) is 18.7 Å². The van der Waals surface area contributed by atoms with Crippen LogP contribution in [0, 0.1) is 0 Å². The summed E-state index contributed by atoms with van der Waals surface area (Å²) in [5.41, 5.74) is 0.0468. The third-order valence-corrected chi connectivity index (χ3v) is 4.62. The van der Waals surface area contributed by atoms with E-state index in [9.17, 15) is 9.90 Å². The van der Waals surface area contributed by atoms with E-state index < -0.39 is 18.3 Å². The average molecular weight is 305 g/mol. The number of hydrogen-bond donors (Lipinski definition) is 1. The van der Waals surface area contributed by atoms with E-state index in [1.165, 1.54) is 9.08 Å². The first-order chi connectivity index (χ1) is 10.2. The number of hydrogen-bond acceptors (Lipinski definition) is 5. The highest BCUT2D eigenvalue weighted by molar-refractivity contribution is 6.62. The second kappa shape index (κ2) is 4.68. The van der Waals surface area contributed by atoms with Crippen LogP contribution in [-0.4, -0.2) is 37.6 Å². The fourth-order valence-corrected chi connectivity index (χ4v) is 2.44. The molecule has 7 nitrogen and oxygen atoms in total. The lowest BCUT2D eigenvalue weighted by atomic mass is 9.81. The molecule has 0 aromatic carbocycles. The van der Waals surface area contributed by atoms with Crippen LogP contribution >= 0.6 is 0 Å². The van der Waals surface area contributed by atoms with E-state index in [4.69, 9.17) is 9.31 Å². The number of rotatable bonds is 2. The quantitative estimate of drug-likeness (QED) is 0.779. The molecule has 118 valence electrons. The molecule has 3 heterocycles. The summed E-state index contributed by atoms with van der Waals surface area (Å²) in [4.78, 5) is 12.3. The van der Waals surface area contributed by atoms with Crippen molar-refractivity contribution in [1.82, 2.24) is 14.2 Å². The topological polar surface area (TPSA) is 78.0 Å². The number of aromatic nitrogens is 3. The molecule has 1 fully saturated rings. The third kappa shape index (κ3) is 2.10. The highest BCUT2D eigenvalue weighted by Crippen LogP contribution is 2.36. The van der Waals surface area contributed by atoms with Crippen LogP contribution in [0.2, 0.25) is 0 Å². The molecule has 8 heteroatoms. The Morgan fingerprint density at radius 2 is 1.86 bits per heavy atom. The van der Waals surface area contributed by atoms with Gasteiger partial charge in [0.25, 0.3) is 5.56 Å². The summed E-state index contributed by atoms with van der Waals surface area (Å²) < 4.78 is 14.8. The highest BCUT2D eigenvalue weighted by Gasteiger charge is 2.52. The lowest BCUT2D eigenvalue weighted by Crippen LogP contribution is -2.41. The molecule has 1 aliphatic rings. The zero-order chi connectivity index (χ0) is 16.3. The molecule has 0 amide bonds. The Balaban J connectivity index is 2.08. The first-order valence-corrected chi connectivity index (χ1v) is 7.21.